The number of carbonyl (C=O) groups excluding carboxylic acids is 1. The molecule has 0 heterocycles. The Bertz CT molecular complexity index is 662. The highest BCUT2D eigenvalue weighted by Crippen LogP contribution is 2.34. The van der Waals surface area contributed by atoms with E-state index in [0.29, 0.717) is 0 Å². The van der Waals surface area contributed by atoms with E-state index in [2.05, 4.69) is 15.9 Å². The zero-order chi connectivity index (χ0) is 14.9. The fourth-order valence-electron chi connectivity index (χ4n) is 1.89. The summed E-state index contributed by atoms with van der Waals surface area (Å²) >= 11 is 2.99. The number of hydrogen-bond acceptors (Lipinski definition) is 1. The highest BCUT2D eigenvalue weighted by atomic mass is 79.9. The molecule has 0 radical (unpaired) electrons. The summed E-state index contributed by atoms with van der Waals surface area (Å²) in [5, 5.41) is 0. The van der Waals surface area contributed by atoms with E-state index in [1.807, 2.05) is 0 Å². The minimum absolute atomic E-state index is 0.248. The quantitative estimate of drug-likeness (QED) is 0.701. The molecule has 0 saturated heterocycles. The van der Waals surface area contributed by atoms with Gasteiger partial charge < -0.3 is 0 Å². The Balaban J connectivity index is 2.55. The van der Waals surface area contributed by atoms with Crippen LogP contribution in [0.1, 0.15) is 27.0 Å². The Morgan fingerprint density at radius 1 is 1.10 bits per heavy atom. The summed E-state index contributed by atoms with van der Waals surface area (Å²) in [6.45, 7) is 1.78. The predicted molar refractivity (Wildman–Crippen MR) is 73.8 cm³/mol. The van der Waals surface area contributed by atoms with Crippen molar-refractivity contribution in [1.82, 2.24) is 0 Å². The lowest BCUT2D eigenvalue weighted by Crippen LogP contribution is -2.14. The molecule has 0 aliphatic carbocycles. The molecule has 0 aliphatic rings. The molecule has 0 unspecified atom stereocenters. The molecule has 20 heavy (non-hydrogen) atoms. The number of hydrogen-bond donors (Lipinski definition) is 0. The molecule has 0 atom stereocenters. The van der Waals surface area contributed by atoms with E-state index in [-0.39, 0.29) is 15.6 Å². The predicted octanol–water partition coefficient (Wildman–Crippen LogP) is 5.01. The average molecular weight is 343 g/mol. The molecule has 0 aromatic heterocycles. The number of ketones is 1. The van der Waals surface area contributed by atoms with Gasteiger partial charge in [-0.3, -0.25) is 4.79 Å². The Kier molecular flexibility index (Phi) is 3.99. The SMILES string of the molecule is Cc1cccc(C(=O)c2ccc(Br)cc2C(F)(F)F)c1. The summed E-state index contributed by atoms with van der Waals surface area (Å²) in [6, 6.07) is 10.1. The van der Waals surface area contributed by atoms with Crippen LogP contribution in [0.2, 0.25) is 0 Å². The van der Waals surface area contributed by atoms with Crippen LogP contribution in [0.25, 0.3) is 0 Å². The number of benzene rings is 2. The molecule has 2 aromatic rings. The number of alkyl halides is 3. The van der Waals surface area contributed by atoms with E-state index < -0.39 is 17.5 Å². The van der Waals surface area contributed by atoms with Crippen molar-refractivity contribution in [2.45, 2.75) is 13.1 Å². The van der Waals surface area contributed by atoms with Gasteiger partial charge in [-0.25, -0.2) is 0 Å². The van der Waals surface area contributed by atoms with Gasteiger partial charge in [0.25, 0.3) is 0 Å². The molecule has 0 aliphatic heterocycles. The van der Waals surface area contributed by atoms with Crippen LogP contribution in [0.3, 0.4) is 0 Å². The van der Waals surface area contributed by atoms with Gasteiger partial charge in [0.2, 0.25) is 0 Å². The third-order valence-electron chi connectivity index (χ3n) is 2.81. The lowest BCUT2D eigenvalue weighted by molar-refractivity contribution is -0.137. The van der Waals surface area contributed by atoms with E-state index in [1.165, 1.54) is 18.2 Å². The molecular weight excluding hydrogens is 333 g/mol. The summed E-state index contributed by atoms with van der Waals surface area (Å²) in [5.41, 5.74) is -0.205. The minimum Gasteiger partial charge on any atom is -0.289 e. The van der Waals surface area contributed by atoms with Crippen molar-refractivity contribution >= 4 is 21.7 Å². The topological polar surface area (TPSA) is 17.1 Å². The zero-order valence-corrected chi connectivity index (χ0v) is 12.0. The maximum absolute atomic E-state index is 13.0. The van der Waals surface area contributed by atoms with Gasteiger partial charge in [-0.2, -0.15) is 13.2 Å². The number of aryl methyl sites for hydroxylation is 1. The third-order valence-corrected chi connectivity index (χ3v) is 3.31. The highest BCUT2D eigenvalue weighted by molar-refractivity contribution is 9.10. The number of halogens is 4. The van der Waals surface area contributed by atoms with Crippen molar-refractivity contribution in [3.8, 4) is 0 Å². The van der Waals surface area contributed by atoms with Gasteiger partial charge in [0.15, 0.2) is 5.78 Å². The molecule has 0 amide bonds. The van der Waals surface area contributed by atoms with Crippen LogP contribution in [-0.2, 0) is 6.18 Å². The van der Waals surface area contributed by atoms with Gasteiger partial charge in [0, 0.05) is 15.6 Å². The van der Waals surface area contributed by atoms with Crippen LogP contribution in [-0.4, -0.2) is 5.78 Å². The maximum Gasteiger partial charge on any atom is 0.417 e. The summed E-state index contributed by atoms with van der Waals surface area (Å²) in [4.78, 5) is 12.3. The van der Waals surface area contributed by atoms with Crippen molar-refractivity contribution < 1.29 is 18.0 Å². The molecular formula is C15H10BrF3O. The van der Waals surface area contributed by atoms with Crippen LogP contribution < -0.4 is 0 Å². The van der Waals surface area contributed by atoms with Gasteiger partial charge in [-0.05, 0) is 31.2 Å². The molecule has 2 rings (SSSR count). The lowest BCUT2D eigenvalue weighted by atomic mass is 9.97. The molecule has 0 spiro atoms. The van der Waals surface area contributed by atoms with Crippen LogP contribution >= 0.6 is 15.9 Å². The van der Waals surface area contributed by atoms with E-state index in [1.54, 1.807) is 25.1 Å². The van der Waals surface area contributed by atoms with Gasteiger partial charge in [0.1, 0.15) is 0 Å². The smallest absolute Gasteiger partial charge is 0.289 e. The van der Waals surface area contributed by atoms with E-state index in [0.717, 1.165) is 11.6 Å². The Labute approximate surface area is 122 Å². The maximum atomic E-state index is 13.0. The van der Waals surface area contributed by atoms with Crippen molar-refractivity contribution in [3.05, 3.63) is 69.2 Å². The molecule has 0 bridgehead atoms. The summed E-state index contributed by atoms with van der Waals surface area (Å²) in [6.07, 6.45) is -4.57. The molecule has 0 fully saturated rings. The second kappa shape index (κ2) is 5.40. The van der Waals surface area contributed by atoms with E-state index in [4.69, 9.17) is 0 Å². The van der Waals surface area contributed by atoms with Crippen molar-refractivity contribution in [3.63, 3.8) is 0 Å². The van der Waals surface area contributed by atoms with Gasteiger partial charge in [-0.15, -0.1) is 0 Å². The van der Waals surface area contributed by atoms with Crippen LogP contribution in [0.5, 0.6) is 0 Å². The standard InChI is InChI=1S/C15H10BrF3O/c1-9-3-2-4-10(7-9)14(20)12-6-5-11(16)8-13(12)15(17,18)19/h2-8H,1H3. The summed E-state index contributed by atoms with van der Waals surface area (Å²) in [7, 11) is 0. The van der Waals surface area contributed by atoms with E-state index >= 15 is 0 Å². The van der Waals surface area contributed by atoms with Crippen LogP contribution in [0, 0.1) is 6.92 Å². The second-order valence-corrected chi connectivity index (χ2v) is 5.30. The molecule has 5 heteroatoms. The normalized spacial score (nSPS) is 11.4. The molecule has 0 saturated carbocycles. The monoisotopic (exact) mass is 342 g/mol. The second-order valence-electron chi connectivity index (χ2n) is 4.39. The first kappa shape index (κ1) is 14.8. The van der Waals surface area contributed by atoms with Gasteiger partial charge in [0.05, 0.1) is 5.56 Å². The molecule has 1 nitrogen and oxygen atoms in total. The van der Waals surface area contributed by atoms with Crippen molar-refractivity contribution in [2.75, 3.05) is 0 Å². The highest BCUT2D eigenvalue weighted by Gasteiger charge is 2.35. The average Bonchev–Trinajstić information content (AvgIpc) is 2.37. The third kappa shape index (κ3) is 3.10. The molecule has 2 aromatic carbocycles. The fourth-order valence-corrected chi connectivity index (χ4v) is 2.25. The molecule has 104 valence electrons. The number of carbonyl (C=O) groups is 1. The van der Waals surface area contributed by atoms with Crippen LogP contribution in [0.4, 0.5) is 13.2 Å². The van der Waals surface area contributed by atoms with E-state index in [9.17, 15) is 18.0 Å². The van der Waals surface area contributed by atoms with Gasteiger partial charge >= 0.3 is 6.18 Å². The zero-order valence-electron chi connectivity index (χ0n) is 10.5. The van der Waals surface area contributed by atoms with Gasteiger partial charge in [-0.1, -0.05) is 39.7 Å². The Hall–Kier alpha value is -1.62. The Morgan fingerprint density at radius 2 is 1.80 bits per heavy atom. The van der Waals surface area contributed by atoms with Crippen molar-refractivity contribution in [2.24, 2.45) is 0 Å². The van der Waals surface area contributed by atoms with Crippen LogP contribution in [0.15, 0.2) is 46.9 Å². The summed E-state index contributed by atoms with van der Waals surface area (Å²) < 4.78 is 39.3. The Morgan fingerprint density at radius 3 is 2.40 bits per heavy atom. The lowest BCUT2D eigenvalue weighted by Gasteiger charge is -2.12. The first-order chi connectivity index (χ1) is 9.29. The number of rotatable bonds is 2. The largest absolute Gasteiger partial charge is 0.417 e. The minimum atomic E-state index is -4.57. The first-order valence-corrected chi connectivity index (χ1v) is 6.56. The molecule has 0 N–H and O–H groups in total. The fraction of sp³-hybridized carbons (Fsp3) is 0.133. The summed E-state index contributed by atoms with van der Waals surface area (Å²) in [5.74, 6) is -0.631. The van der Waals surface area contributed by atoms with Crippen molar-refractivity contribution in [1.29, 1.82) is 0 Å². The first-order valence-electron chi connectivity index (χ1n) is 5.77.